The van der Waals surface area contributed by atoms with E-state index in [0.29, 0.717) is 5.56 Å². The van der Waals surface area contributed by atoms with E-state index in [2.05, 4.69) is 224 Å². The van der Waals surface area contributed by atoms with Gasteiger partial charge in [0.2, 0.25) is 0 Å². The van der Waals surface area contributed by atoms with Crippen molar-refractivity contribution in [3.8, 4) is 17.4 Å². The lowest BCUT2D eigenvalue weighted by Crippen LogP contribution is -2.10. The summed E-state index contributed by atoms with van der Waals surface area (Å²) in [6.07, 6.45) is 0. The first-order valence-corrected chi connectivity index (χ1v) is 22.6. The zero-order chi connectivity index (χ0) is 44.3. The molecule has 0 amide bonds. The second-order valence-electron chi connectivity index (χ2n) is 22.4. The first kappa shape index (κ1) is 39.3. The van der Waals surface area contributed by atoms with Crippen LogP contribution < -0.4 is 0 Å². The predicted octanol–water partition coefficient (Wildman–Crippen LogP) is 16.1. The van der Waals surface area contributed by atoms with Gasteiger partial charge in [-0.1, -0.05) is 107 Å². The summed E-state index contributed by atoms with van der Waals surface area (Å²) in [7, 11) is 0. The summed E-state index contributed by atoms with van der Waals surface area (Å²) < 4.78 is 7.31. The van der Waals surface area contributed by atoms with E-state index in [4.69, 9.17) is 0 Å². The molecule has 0 unspecified atom stereocenters. The average Bonchev–Trinajstić information content (AvgIpc) is 3.94. The van der Waals surface area contributed by atoms with Crippen molar-refractivity contribution in [1.29, 1.82) is 5.26 Å². The highest BCUT2D eigenvalue weighted by Gasteiger charge is 2.25. The third kappa shape index (κ3) is 5.78. The van der Waals surface area contributed by atoms with Gasteiger partial charge >= 0.3 is 0 Å². The molecular formula is C59H56N4. The Morgan fingerprint density at radius 2 is 0.619 bits per heavy atom. The highest BCUT2D eigenvalue weighted by molar-refractivity contribution is 6.24. The van der Waals surface area contributed by atoms with E-state index in [-0.39, 0.29) is 21.7 Å². The van der Waals surface area contributed by atoms with Gasteiger partial charge in [0.15, 0.2) is 0 Å². The molecule has 0 saturated carbocycles. The molecule has 0 radical (unpaired) electrons. The van der Waals surface area contributed by atoms with E-state index in [1.165, 1.54) is 65.9 Å². The fourth-order valence-corrected chi connectivity index (χ4v) is 10.3. The van der Waals surface area contributed by atoms with Crippen LogP contribution in [0.5, 0.6) is 0 Å². The summed E-state index contributed by atoms with van der Waals surface area (Å²) in [4.78, 5) is 0. The molecule has 0 saturated heterocycles. The van der Waals surface area contributed by atoms with Crippen molar-refractivity contribution in [1.82, 2.24) is 13.5 Å². The van der Waals surface area contributed by atoms with Gasteiger partial charge in [-0.25, -0.2) is 0 Å². The summed E-state index contributed by atoms with van der Waals surface area (Å²) in [5.74, 6) is 0. The normalized spacial score (nSPS) is 13.4. The highest BCUT2D eigenvalue weighted by atomic mass is 15.0. The summed E-state index contributed by atoms with van der Waals surface area (Å²) in [6, 6.07) is 48.7. The molecule has 63 heavy (non-hydrogen) atoms. The second-order valence-corrected chi connectivity index (χ2v) is 22.4. The van der Waals surface area contributed by atoms with Gasteiger partial charge in [-0.3, -0.25) is 0 Å². The number of rotatable bonds is 2. The Morgan fingerprint density at radius 1 is 0.333 bits per heavy atom. The zero-order valence-corrected chi connectivity index (χ0v) is 38.8. The van der Waals surface area contributed by atoms with Gasteiger partial charge in [0.25, 0.3) is 0 Å². The molecule has 11 rings (SSSR count). The van der Waals surface area contributed by atoms with Crippen LogP contribution in [0.25, 0.3) is 93.1 Å². The number of nitrogens with zero attached hydrogens (tertiary/aromatic N) is 4. The monoisotopic (exact) mass is 820 g/mol. The second kappa shape index (κ2) is 12.8. The van der Waals surface area contributed by atoms with Crippen LogP contribution in [0.1, 0.15) is 111 Å². The van der Waals surface area contributed by atoms with Crippen LogP contribution in [-0.4, -0.2) is 13.5 Å². The summed E-state index contributed by atoms with van der Waals surface area (Å²) in [6.45, 7) is 27.5. The molecule has 7 aromatic carbocycles. The SMILES string of the molecule is CC(C)(C)c1ccc2c(c1)c1cc(C(C)(C)C)ccc1n2-c1ccc2c(c1)c1cc(C#N)cc3c4cc(-n5c6ccc(C(C)(C)C)cc6c6cc(C(C)(C)C)ccc65)ccc4n2c13. The summed E-state index contributed by atoms with van der Waals surface area (Å²) >= 11 is 0. The topological polar surface area (TPSA) is 38.1 Å². The van der Waals surface area contributed by atoms with Crippen LogP contribution in [0.4, 0.5) is 0 Å². The Labute approximate surface area is 370 Å². The molecule has 0 fully saturated rings. The maximum absolute atomic E-state index is 10.5. The molecule has 0 aliphatic heterocycles. The lowest BCUT2D eigenvalue weighted by Gasteiger charge is -2.19. The number of benzene rings is 7. The third-order valence-corrected chi connectivity index (χ3v) is 14.0. The highest BCUT2D eigenvalue weighted by Crippen LogP contribution is 2.44. The quantitative estimate of drug-likeness (QED) is 0.171. The molecular weight excluding hydrogens is 765 g/mol. The molecule has 4 heteroatoms. The number of fused-ring (bicyclic) bond motifs is 12. The van der Waals surface area contributed by atoms with Crippen molar-refractivity contribution in [3.05, 3.63) is 149 Å². The average molecular weight is 821 g/mol. The fourth-order valence-electron chi connectivity index (χ4n) is 10.3. The van der Waals surface area contributed by atoms with Crippen molar-refractivity contribution in [2.45, 2.75) is 105 Å². The van der Waals surface area contributed by atoms with Crippen LogP contribution >= 0.6 is 0 Å². The van der Waals surface area contributed by atoms with Crippen molar-refractivity contribution in [3.63, 3.8) is 0 Å². The number of aromatic nitrogens is 3. The van der Waals surface area contributed by atoms with Gasteiger partial charge in [0.1, 0.15) is 0 Å². The molecule has 0 atom stereocenters. The van der Waals surface area contributed by atoms with Crippen molar-refractivity contribution < 1.29 is 0 Å². The minimum Gasteiger partial charge on any atom is -0.309 e. The molecule has 11 aromatic rings. The maximum atomic E-state index is 10.5. The van der Waals surface area contributed by atoms with Crippen LogP contribution in [0.2, 0.25) is 0 Å². The Bertz CT molecular complexity index is 3390. The molecule has 0 spiro atoms. The van der Waals surface area contributed by atoms with E-state index >= 15 is 0 Å². The Morgan fingerprint density at radius 3 is 0.905 bits per heavy atom. The molecule has 0 N–H and O–H groups in total. The first-order valence-electron chi connectivity index (χ1n) is 22.6. The lowest BCUT2D eigenvalue weighted by molar-refractivity contribution is 0.590. The van der Waals surface area contributed by atoms with Crippen LogP contribution in [-0.2, 0) is 21.7 Å². The Balaban J connectivity index is 1.15. The van der Waals surface area contributed by atoms with Gasteiger partial charge in [-0.2, -0.15) is 5.26 Å². The maximum Gasteiger partial charge on any atom is 0.0992 e. The molecule has 0 bridgehead atoms. The minimum absolute atomic E-state index is 0.0295. The smallest absolute Gasteiger partial charge is 0.0992 e. The number of hydrogen-bond acceptors (Lipinski definition) is 1. The Hall–Kier alpha value is -6.57. The van der Waals surface area contributed by atoms with Crippen molar-refractivity contribution in [2.24, 2.45) is 0 Å². The molecule has 4 aromatic heterocycles. The number of hydrogen-bond donors (Lipinski definition) is 0. The zero-order valence-electron chi connectivity index (χ0n) is 38.8. The minimum atomic E-state index is 0.0295. The predicted molar refractivity (Wildman–Crippen MR) is 269 cm³/mol. The molecule has 0 aliphatic carbocycles. The summed E-state index contributed by atoms with van der Waals surface area (Å²) in [5, 5.41) is 20.1. The van der Waals surface area contributed by atoms with Crippen molar-refractivity contribution in [2.75, 3.05) is 0 Å². The van der Waals surface area contributed by atoms with E-state index in [1.807, 2.05) is 0 Å². The van der Waals surface area contributed by atoms with Gasteiger partial charge in [-0.15, -0.1) is 0 Å². The van der Waals surface area contributed by atoms with Gasteiger partial charge < -0.3 is 13.5 Å². The van der Waals surface area contributed by atoms with Gasteiger partial charge in [0, 0.05) is 54.5 Å². The van der Waals surface area contributed by atoms with Crippen LogP contribution in [0.3, 0.4) is 0 Å². The van der Waals surface area contributed by atoms with E-state index < -0.39 is 0 Å². The van der Waals surface area contributed by atoms with Gasteiger partial charge in [-0.05, 0) is 141 Å². The lowest BCUT2D eigenvalue weighted by atomic mass is 9.85. The first-order chi connectivity index (χ1) is 29.7. The van der Waals surface area contributed by atoms with Crippen LogP contribution in [0, 0.1) is 11.3 Å². The Kier molecular flexibility index (Phi) is 7.96. The van der Waals surface area contributed by atoms with E-state index in [0.717, 1.165) is 49.5 Å². The fraction of sp³-hybridized carbons (Fsp3) is 0.271. The summed E-state index contributed by atoms with van der Waals surface area (Å²) in [5.41, 5.74) is 16.6. The largest absolute Gasteiger partial charge is 0.309 e. The molecule has 4 heterocycles. The molecule has 312 valence electrons. The molecule has 0 aliphatic rings. The third-order valence-electron chi connectivity index (χ3n) is 14.0. The van der Waals surface area contributed by atoms with Gasteiger partial charge in [0.05, 0.1) is 50.2 Å². The standard InChI is InChI=1S/C59H56N4/c1-56(2,3)35-13-19-49-41(27-35)42-28-36(57(4,5)6)14-20-50(42)61(49)39-17-23-53-45(31-39)47-25-34(33-60)26-48-46-32-40(18-24-54(46)63(53)55(47)48)62-51-21-15-37(58(7,8)9)29-43(51)44-30-38(59(10,11)12)16-22-52(44)62/h13-32H,1-12H3. The van der Waals surface area contributed by atoms with E-state index in [9.17, 15) is 5.26 Å². The van der Waals surface area contributed by atoms with Crippen molar-refractivity contribution >= 4 is 81.7 Å². The molecule has 4 nitrogen and oxygen atoms in total. The van der Waals surface area contributed by atoms with E-state index in [1.54, 1.807) is 0 Å². The van der Waals surface area contributed by atoms with Crippen LogP contribution in [0.15, 0.2) is 121 Å². The number of nitriles is 1.